The Labute approximate surface area is 108 Å². The van der Waals surface area contributed by atoms with Gasteiger partial charge in [0.2, 0.25) is 0 Å². The minimum atomic E-state index is -1.14. The van der Waals surface area contributed by atoms with E-state index < -0.39 is 11.9 Å². The molecule has 0 radical (unpaired) electrons. The number of aromatic carboxylic acids is 1. The molecule has 0 aliphatic rings. The highest BCUT2D eigenvalue weighted by Gasteiger charge is 2.19. The predicted octanol–water partition coefficient (Wildman–Crippen LogP) is 1.64. The van der Waals surface area contributed by atoms with Crippen molar-refractivity contribution in [3.63, 3.8) is 0 Å². The topological polar surface area (TPSA) is 105 Å². The second-order valence-corrected chi connectivity index (χ2v) is 3.88. The molecule has 2 aromatic rings. The van der Waals surface area contributed by atoms with Gasteiger partial charge in [0, 0.05) is 6.20 Å². The van der Waals surface area contributed by atoms with Crippen LogP contribution >= 0.6 is 0 Å². The van der Waals surface area contributed by atoms with Gasteiger partial charge in [0.15, 0.2) is 0 Å². The first-order valence-corrected chi connectivity index (χ1v) is 5.42. The Kier molecular flexibility index (Phi) is 3.28. The fourth-order valence-electron chi connectivity index (χ4n) is 1.67. The minimum Gasteiger partial charge on any atom is -0.478 e. The number of anilines is 1. The standard InChI is InChI=1S/C12H11N3O4/c1-6-10(7(2)19-15-6)11(16)14-9-5-13-4-3-8(9)12(17)18/h3-5H,1-2H3,(H,14,16)(H,17,18). The summed E-state index contributed by atoms with van der Waals surface area (Å²) in [6.07, 6.45) is 2.62. The Hall–Kier alpha value is -2.70. The number of amides is 1. The van der Waals surface area contributed by atoms with Crippen LogP contribution in [0.25, 0.3) is 0 Å². The van der Waals surface area contributed by atoms with Crippen molar-refractivity contribution < 1.29 is 19.2 Å². The number of aryl methyl sites for hydroxylation is 2. The fourth-order valence-corrected chi connectivity index (χ4v) is 1.67. The molecule has 2 rings (SSSR count). The summed E-state index contributed by atoms with van der Waals surface area (Å²) in [6.45, 7) is 3.24. The predicted molar refractivity (Wildman–Crippen MR) is 65.1 cm³/mol. The third-order valence-electron chi connectivity index (χ3n) is 2.56. The Morgan fingerprint density at radius 1 is 1.37 bits per heavy atom. The fraction of sp³-hybridized carbons (Fsp3) is 0.167. The van der Waals surface area contributed by atoms with Crippen molar-refractivity contribution >= 4 is 17.6 Å². The number of carboxylic acids is 1. The van der Waals surface area contributed by atoms with Gasteiger partial charge in [0.25, 0.3) is 5.91 Å². The van der Waals surface area contributed by atoms with Gasteiger partial charge in [-0.25, -0.2) is 4.79 Å². The van der Waals surface area contributed by atoms with Gasteiger partial charge in [-0.15, -0.1) is 0 Å². The molecule has 1 amide bonds. The molecule has 0 spiro atoms. The van der Waals surface area contributed by atoms with E-state index in [0.717, 1.165) is 0 Å². The van der Waals surface area contributed by atoms with Gasteiger partial charge in [-0.3, -0.25) is 9.78 Å². The number of hydrogen-bond donors (Lipinski definition) is 2. The summed E-state index contributed by atoms with van der Waals surface area (Å²) in [5, 5.41) is 15.2. The summed E-state index contributed by atoms with van der Waals surface area (Å²) in [7, 11) is 0. The second-order valence-electron chi connectivity index (χ2n) is 3.88. The van der Waals surface area contributed by atoms with E-state index in [2.05, 4.69) is 15.5 Å². The van der Waals surface area contributed by atoms with Crippen LogP contribution in [0, 0.1) is 13.8 Å². The van der Waals surface area contributed by atoms with Gasteiger partial charge in [-0.1, -0.05) is 5.16 Å². The quantitative estimate of drug-likeness (QED) is 0.870. The second kappa shape index (κ2) is 4.89. The van der Waals surface area contributed by atoms with Crippen molar-refractivity contribution in [3.05, 3.63) is 41.0 Å². The van der Waals surface area contributed by atoms with Crippen molar-refractivity contribution in [2.45, 2.75) is 13.8 Å². The Morgan fingerprint density at radius 3 is 2.68 bits per heavy atom. The number of pyridine rings is 1. The van der Waals surface area contributed by atoms with Crippen LogP contribution in [0.1, 0.15) is 32.2 Å². The van der Waals surface area contributed by atoms with Gasteiger partial charge in [0.05, 0.1) is 23.1 Å². The first-order valence-electron chi connectivity index (χ1n) is 5.42. The highest BCUT2D eigenvalue weighted by Crippen LogP contribution is 2.18. The highest BCUT2D eigenvalue weighted by atomic mass is 16.5. The van der Waals surface area contributed by atoms with E-state index >= 15 is 0 Å². The van der Waals surface area contributed by atoms with Crippen molar-refractivity contribution in [2.75, 3.05) is 5.32 Å². The molecule has 7 heteroatoms. The van der Waals surface area contributed by atoms with Gasteiger partial charge >= 0.3 is 5.97 Å². The summed E-state index contributed by atoms with van der Waals surface area (Å²) in [4.78, 5) is 26.9. The lowest BCUT2D eigenvalue weighted by Crippen LogP contribution is -2.16. The lowest BCUT2D eigenvalue weighted by Gasteiger charge is -2.07. The van der Waals surface area contributed by atoms with Gasteiger partial charge < -0.3 is 14.9 Å². The number of nitrogens with zero attached hydrogens (tertiary/aromatic N) is 2. The summed E-state index contributed by atoms with van der Waals surface area (Å²) in [6, 6.07) is 1.31. The monoisotopic (exact) mass is 261 g/mol. The van der Waals surface area contributed by atoms with E-state index in [1.165, 1.54) is 18.5 Å². The molecule has 0 saturated carbocycles. The van der Waals surface area contributed by atoms with Crippen molar-refractivity contribution in [1.29, 1.82) is 0 Å². The molecule has 19 heavy (non-hydrogen) atoms. The zero-order valence-corrected chi connectivity index (χ0v) is 10.3. The molecule has 0 aliphatic carbocycles. The van der Waals surface area contributed by atoms with Crippen molar-refractivity contribution in [1.82, 2.24) is 10.1 Å². The van der Waals surface area contributed by atoms with Crippen LogP contribution < -0.4 is 5.32 Å². The number of nitrogens with one attached hydrogen (secondary N) is 1. The van der Waals surface area contributed by atoms with Gasteiger partial charge in [-0.05, 0) is 19.9 Å². The molecular weight excluding hydrogens is 250 g/mol. The van der Waals surface area contributed by atoms with E-state index in [1.54, 1.807) is 13.8 Å². The first kappa shape index (κ1) is 12.7. The lowest BCUT2D eigenvalue weighted by molar-refractivity contribution is 0.0698. The number of carboxylic acid groups (broad SMARTS) is 1. The zero-order chi connectivity index (χ0) is 14.0. The molecular formula is C12H11N3O4. The number of carbonyl (C=O) groups excluding carboxylic acids is 1. The van der Waals surface area contributed by atoms with Crippen LogP contribution in [-0.2, 0) is 0 Å². The number of rotatable bonds is 3. The van der Waals surface area contributed by atoms with Crippen LogP contribution in [0.4, 0.5) is 5.69 Å². The van der Waals surface area contributed by atoms with Crippen molar-refractivity contribution in [3.8, 4) is 0 Å². The Bertz CT molecular complexity index is 629. The smallest absolute Gasteiger partial charge is 0.337 e. The van der Waals surface area contributed by atoms with Crippen LogP contribution in [-0.4, -0.2) is 27.1 Å². The number of hydrogen-bond acceptors (Lipinski definition) is 5. The van der Waals surface area contributed by atoms with E-state index in [4.69, 9.17) is 9.63 Å². The van der Waals surface area contributed by atoms with Gasteiger partial charge in [0.1, 0.15) is 11.3 Å². The number of carbonyl (C=O) groups is 2. The molecule has 0 atom stereocenters. The average Bonchev–Trinajstić information content (AvgIpc) is 2.69. The summed E-state index contributed by atoms with van der Waals surface area (Å²) in [5.41, 5.74) is 0.825. The van der Waals surface area contributed by atoms with E-state index in [1.807, 2.05) is 0 Å². The molecule has 2 aromatic heterocycles. The summed E-state index contributed by atoms with van der Waals surface area (Å²) in [5.74, 6) is -1.25. The van der Waals surface area contributed by atoms with E-state index in [0.29, 0.717) is 17.0 Å². The summed E-state index contributed by atoms with van der Waals surface area (Å²) < 4.78 is 4.89. The third kappa shape index (κ3) is 2.44. The molecule has 0 aromatic carbocycles. The molecule has 98 valence electrons. The van der Waals surface area contributed by atoms with E-state index in [-0.39, 0.29) is 11.3 Å². The highest BCUT2D eigenvalue weighted by molar-refractivity contribution is 6.08. The summed E-state index contributed by atoms with van der Waals surface area (Å²) >= 11 is 0. The third-order valence-corrected chi connectivity index (χ3v) is 2.56. The molecule has 0 fully saturated rings. The van der Waals surface area contributed by atoms with Crippen LogP contribution in [0.2, 0.25) is 0 Å². The lowest BCUT2D eigenvalue weighted by atomic mass is 10.1. The molecule has 2 heterocycles. The first-order chi connectivity index (χ1) is 9.00. The molecule has 2 N–H and O–H groups in total. The maximum atomic E-state index is 12.1. The molecule has 0 aliphatic heterocycles. The zero-order valence-electron chi connectivity index (χ0n) is 10.3. The molecule has 0 bridgehead atoms. The average molecular weight is 261 g/mol. The SMILES string of the molecule is Cc1noc(C)c1C(=O)Nc1cnccc1C(=O)O. The van der Waals surface area contributed by atoms with Gasteiger partial charge in [-0.2, -0.15) is 0 Å². The van der Waals surface area contributed by atoms with E-state index in [9.17, 15) is 9.59 Å². The largest absolute Gasteiger partial charge is 0.478 e. The molecule has 0 saturated heterocycles. The maximum absolute atomic E-state index is 12.1. The molecule has 0 unspecified atom stereocenters. The Balaban J connectivity index is 2.32. The molecule has 7 nitrogen and oxygen atoms in total. The van der Waals surface area contributed by atoms with Crippen molar-refractivity contribution in [2.24, 2.45) is 0 Å². The normalized spacial score (nSPS) is 10.2. The maximum Gasteiger partial charge on any atom is 0.337 e. The van der Waals surface area contributed by atoms with Crippen LogP contribution in [0.5, 0.6) is 0 Å². The Morgan fingerprint density at radius 2 is 2.11 bits per heavy atom. The van der Waals surface area contributed by atoms with Crippen LogP contribution in [0.15, 0.2) is 23.0 Å². The minimum absolute atomic E-state index is 0.0323. The number of aromatic nitrogens is 2. The van der Waals surface area contributed by atoms with Crippen LogP contribution in [0.3, 0.4) is 0 Å².